The lowest BCUT2D eigenvalue weighted by Gasteiger charge is -2.45. The van der Waals surface area contributed by atoms with E-state index in [0.29, 0.717) is 27.1 Å². The van der Waals surface area contributed by atoms with Crippen molar-refractivity contribution in [3.63, 3.8) is 0 Å². The summed E-state index contributed by atoms with van der Waals surface area (Å²) in [6, 6.07) is 32.9. The largest absolute Gasteiger partial charge is 0.444 e. The molecule has 1 fully saturated rings. The standard InChI is InChI=1S/C34H23Cl2N5O2S/c35-24-14-10-21(11-15-24)28-19-29-27-8-4-5-9-30(27)43-34(41(29)38-28)31(44-33(42)37-34)18-23-20-40(26-6-2-1-3-7-26)39-32(23)22-12-16-25(36)17-13-22/h1-18,20,29H,19H2,(H,37,42). The fraction of sp³-hybridized carbons (Fsp3) is 0.0882. The summed E-state index contributed by atoms with van der Waals surface area (Å²) in [5.41, 5.74) is 6.22. The number of para-hydroxylation sites is 2. The maximum Gasteiger partial charge on any atom is 0.314 e. The number of halogens is 2. The lowest BCUT2D eigenvalue weighted by Crippen LogP contribution is -2.61. The summed E-state index contributed by atoms with van der Waals surface area (Å²) in [6.45, 7) is 0. The molecule has 5 aromatic rings. The Balaban J connectivity index is 1.29. The van der Waals surface area contributed by atoms with Gasteiger partial charge in [-0.05, 0) is 65.9 Å². The van der Waals surface area contributed by atoms with Crippen molar-refractivity contribution in [1.82, 2.24) is 20.1 Å². The number of thioether (sulfide) groups is 1. The van der Waals surface area contributed by atoms with Gasteiger partial charge in [0.15, 0.2) is 0 Å². The van der Waals surface area contributed by atoms with Gasteiger partial charge in [-0.15, -0.1) is 0 Å². The highest BCUT2D eigenvalue weighted by molar-refractivity contribution is 8.17. The molecule has 3 aliphatic rings. The van der Waals surface area contributed by atoms with Crippen LogP contribution in [0, 0.1) is 0 Å². The van der Waals surface area contributed by atoms with E-state index in [1.54, 1.807) is 0 Å². The fourth-order valence-corrected chi connectivity index (χ4v) is 7.01. The Morgan fingerprint density at radius 3 is 2.32 bits per heavy atom. The van der Waals surface area contributed by atoms with Crippen molar-refractivity contribution in [3.8, 4) is 22.7 Å². The van der Waals surface area contributed by atoms with E-state index in [1.165, 1.54) is 0 Å². The molecule has 2 atom stereocenters. The predicted molar refractivity (Wildman–Crippen MR) is 175 cm³/mol. The number of rotatable bonds is 4. The lowest BCUT2D eigenvalue weighted by molar-refractivity contribution is -0.0949. The fourth-order valence-electron chi connectivity index (χ4n) is 5.86. The van der Waals surface area contributed by atoms with Crippen LogP contribution in [-0.4, -0.2) is 31.6 Å². The van der Waals surface area contributed by atoms with Gasteiger partial charge in [-0.1, -0.05) is 83.9 Å². The summed E-state index contributed by atoms with van der Waals surface area (Å²) in [4.78, 5) is 13.9. The Kier molecular flexibility index (Phi) is 6.52. The van der Waals surface area contributed by atoms with Crippen molar-refractivity contribution < 1.29 is 9.53 Å². The SMILES string of the molecule is O=C1NC2(Oc3ccccc3C3CC(c4ccc(Cl)cc4)=NN32)C(=Cc2cn(-c3ccccc3)nc2-c2ccc(Cl)cc2)S1. The number of hydrogen-bond acceptors (Lipinski definition) is 6. The van der Waals surface area contributed by atoms with Gasteiger partial charge in [0.25, 0.3) is 5.24 Å². The quantitative estimate of drug-likeness (QED) is 0.214. The molecule has 216 valence electrons. The first-order chi connectivity index (χ1) is 21.5. The third-order valence-electron chi connectivity index (χ3n) is 7.92. The molecular weight excluding hydrogens is 613 g/mol. The predicted octanol–water partition coefficient (Wildman–Crippen LogP) is 8.54. The molecule has 1 saturated heterocycles. The number of fused-ring (bicyclic) bond motifs is 4. The van der Waals surface area contributed by atoms with Crippen LogP contribution in [0.2, 0.25) is 10.0 Å². The minimum absolute atomic E-state index is 0.157. The van der Waals surface area contributed by atoms with Crippen LogP contribution in [0.3, 0.4) is 0 Å². The van der Waals surface area contributed by atoms with Crippen molar-refractivity contribution in [3.05, 3.63) is 141 Å². The molecule has 1 spiro atoms. The summed E-state index contributed by atoms with van der Waals surface area (Å²) < 4.78 is 8.58. The summed E-state index contributed by atoms with van der Waals surface area (Å²) in [6.07, 6.45) is 4.57. The molecule has 0 radical (unpaired) electrons. The van der Waals surface area contributed by atoms with Gasteiger partial charge in [0, 0.05) is 39.4 Å². The zero-order valence-corrected chi connectivity index (χ0v) is 25.4. The molecule has 0 bridgehead atoms. The van der Waals surface area contributed by atoms with E-state index in [-0.39, 0.29) is 11.3 Å². The number of carbonyl (C=O) groups is 1. The number of amides is 1. The van der Waals surface area contributed by atoms with Gasteiger partial charge in [-0.2, -0.15) is 10.2 Å². The minimum atomic E-state index is -1.35. The number of nitrogens with zero attached hydrogens (tertiary/aromatic N) is 4. The second-order valence-electron chi connectivity index (χ2n) is 10.6. The Morgan fingerprint density at radius 2 is 1.57 bits per heavy atom. The normalized spacial score (nSPS) is 21.2. The maximum absolute atomic E-state index is 13.2. The van der Waals surface area contributed by atoms with Gasteiger partial charge >= 0.3 is 5.85 Å². The van der Waals surface area contributed by atoms with E-state index >= 15 is 0 Å². The van der Waals surface area contributed by atoms with Crippen LogP contribution < -0.4 is 10.1 Å². The number of carbonyl (C=O) groups excluding carboxylic acids is 1. The first-order valence-corrected chi connectivity index (χ1v) is 15.6. The van der Waals surface area contributed by atoms with Crippen molar-refractivity contribution >= 4 is 52.0 Å². The van der Waals surface area contributed by atoms with Gasteiger partial charge in [0.05, 0.1) is 28.0 Å². The number of hydrazone groups is 1. The average molecular weight is 637 g/mol. The third-order valence-corrected chi connectivity index (χ3v) is 9.33. The van der Waals surface area contributed by atoms with E-state index < -0.39 is 5.85 Å². The van der Waals surface area contributed by atoms with E-state index in [1.807, 2.05) is 119 Å². The Morgan fingerprint density at radius 1 is 0.886 bits per heavy atom. The van der Waals surface area contributed by atoms with Crippen LogP contribution in [0.25, 0.3) is 23.0 Å². The molecule has 1 amide bonds. The number of ether oxygens (including phenoxy) is 1. The number of nitrogens with one attached hydrogen (secondary N) is 1. The van der Waals surface area contributed by atoms with E-state index in [2.05, 4.69) is 11.4 Å². The van der Waals surface area contributed by atoms with Crippen LogP contribution in [0.4, 0.5) is 4.79 Å². The zero-order chi connectivity index (χ0) is 29.8. The minimum Gasteiger partial charge on any atom is -0.444 e. The summed E-state index contributed by atoms with van der Waals surface area (Å²) in [7, 11) is 0. The molecule has 44 heavy (non-hydrogen) atoms. The molecule has 8 rings (SSSR count). The molecule has 3 aliphatic heterocycles. The van der Waals surface area contributed by atoms with Crippen LogP contribution in [0.1, 0.15) is 29.2 Å². The molecule has 4 heterocycles. The summed E-state index contributed by atoms with van der Waals surface area (Å²) in [5.74, 6) is -0.644. The van der Waals surface area contributed by atoms with Crippen molar-refractivity contribution in [2.45, 2.75) is 18.3 Å². The summed E-state index contributed by atoms with van der Waals surface area (Å²) >= 11 is 13.5. The second kappa shape index (κ2) is 10.6. The maximum atomic E-state index is 13.2. The Labute approximate surface area is 267 Å². The molecule has 2 unspecified atom stereocenters. The van der Waals surface area contributed by atoms with Crippen molar-refractivity contribution in [1.29, 1.82) is 0 Å². The monoisotopic (exact) mass is 635 g/mol. The molecule has 4 aromatic carbocycles. The zero-order valence-electron chi connectivity index (χ0n) is 23.0. The first-order valence-electron chi connectivity index (χ1n) is 14.0. The Bertz CT molecular complexity index is 1980. The number of benzene rings is 4. The molecule has 1 aromatic heterocycles. The molecule has 0 saturated carbocycles. The van der Waals surface area contributed by atoms with Gasteiger partial charge in [-0.25, -0.2) is 9.69 Å². The van der Waals surface area contributed by atoms with Crippen molar-refractivity contribution in [2.24, 2.45) is 5.10 Å². The van der Waals surface area contributed by atoms with Crippen molar-refractivity contribution in [2.75, 3.05) is 0 Å². The van der Waals surface area contributed by atoms with Gasteiger partial charge in [0.1, 0.15) is 5.75 Å². The van der Waals surface area contributed by atoms with Crippen LogP contribution in [0.15, 0.2) is 119 Å². The van der Waals surface area contributed by atoms with Crippen LogP contribution >= 0.6 is 35.0 Å². The third kappa shape index (κ3) is 4.57. The average Bonchev–Trinajstić information content (AvgIpc) is 3.75. The van der Waals surface area contributed by atoms with E-state index in [0.717, 1.165) is 51.1 Å². The first kappa shape index (κ1) is 27.1. The number of aromatic nitrogens is 2. The Hall–Kier alpha value is -4.50. The number of hydrogen-bond donors (Lipinski definition) is 1. The van der Waals surface area contributed by atoms with Crippen LogP contribution in [-0.2, 0) is 0 Å². The van der Waals surface area contributed by atoms with E-state index in [9.17, 15) is 4.79 Å². The molecule has 1 N–H and O–H groups in total. The highest BCUT2D eigenvalue weighted by Crippen LogP contribution is 2.53. The molecule has 10 heteroatoms. The van der Waals surface area contributed by atoms with Gasteiger partial charge in [-0.3, -0.25) is 10.1 Å². The lowest BCUT2D eigenvalue weighted by atomic mass is 9.95. The van der Waals surface area contributed by atoms with Gasteiger partial charge < -0.3 is 4.74 Å². The highest BCUT2D eigenvalue weighted by atomic mass is 35.5. The topological polar surface area (TPSA) is 71.8 Å². The second-order valence-corrected chi connectivity index (χ2v) is 12.5. The summed E-state index contributed by atoms with van der Waals surface area (Å²) in [5, 5.41) is 16.1. The molecular formula is C34H23Cl2N5O2S. The van der Waals surface area contributed by atoms with E-state index in [4.69, 9.17) is 38.1 Å². The van der Waals surface area contributed by atoms with Gasteiger partial charge in [0.2, 0.25) is 0 Å². The smallest absolute Gasteiger partial charge is 0.314 e. The van der Waals surface area contributed by atoms with Crippen LogP contribution in [0.5, 0.6) is 5.75 Å². The highest BCUT2D eigenvalue weighted by Gasteiger charge is 2.58. The molecule has 7 nitrogen and oxygen atoms in total. The molecule has 0 aliphatic carbocycles.